The maximum atomic E-state index is 14.2. The summed E-state index contributed by atoms with van der Waals surface area (Å²) in [7, 11) is -3.38. The zero-order chi connectivity index (χ0) is 22.8. The van der Waals surface area contributed by atoms with E-state index in [0.29, 0.717) is 11.1 Å². The van der Waals surface area contributed by atoms with Crippen LogP contribution in [-0.2, 0) is 9.84 Å². The van der Waals surface area contributed by atoms with Gasteiger partial charge >= 0.3 is 5.56 Å². The van der Waals surface area contributed by atoms with Gasteiger partial charge in [-0.3, -0.25) is 4.79 Å². The molecule has 1 N–H and O–H groups in total. The van der Waals surface area contributed by atoms with Crippen LogP contribution in [0, 0.1) is 5.82 Å². The van der Waals surface area contributed by atoms with Crippen molar-refractivity contribution in [3.8, 4) is 22.6 Å². The molecule has 0 fully saturated rings. The predicted octanol–water partition coefficient (Wildman–Crippen LogP) is 2.98. The number of ether oxygens (including phenoxy) is 1. The molecule has 0 spiro atoms. The van der Waals surface area contributed by atoms with Crippen molar-refractivity contribution in [2.45, 2.75) is 30.8 Å². The molecule has 9 heteroatoms. The normalized spacial score (nSPS) is 12.0. The highest BCUT2D eigenvalue weighted by Gasteiger charge is 2.20. The number of para-hydroxylation sites is 1. The van der Waals surface area contributed by atoms with Crippen molar-refractivity contribution in [3.63, 3.8) is 0 Å². The molecule has 1 heterocycles. The molecule has 2 aromatic carbocycles. The molecule has 1 aromatic heterocycles. The van der Waals surface area contributed by atoms with Crippen molar-refractivity contribution in [2.24, 2.45) is 0 Å². The lowest BCUT2D eigenvalue weighted by Crippen LogP contribution is -2.27. The number of benzene rings is 2. The molecule has 3 aromatic rings. The Bertz CT molecular complexity index is 1250. The highest BCUT2D eigenvalue weighted by atomic mass is 32.2. The van der Waals surface area contributed by atoms with Crippen LogP contribution >= 0.6 is 0 Å². The van der Waals surface area contributed by atoms with Gasteiger partial charge in [0.2, 0.25) is 0 Å². The van der Waals surface area contributed by atoms with E-state index in [0.717, 1.165) is 10.9 Å². The van der Waals surface area contributed by atoms with E-state index in [1.54, 1.807) is 32.0 Å². The van der Waals surface area contributed by atoms with Crippen LogP contribution in [0.25, 0.3) is 16.8 Å². The van der Waals surface area contributed by atoms with Crippen molar-refractivity contribution in [1.29, 1.82) is 0 Å². The number of halogens is 1. The average Bonchev–Trinajstić information content (AvgIpc) is 2.68. The minimum absolute atomic E-state index is 0.0289. The SMILES string of the molecule is CC(C)(O)CCOc1c(-c2ccc(S(C)(=O)=O)cc2)cnn(-c2ccccc2F)c1=O. The third-order valence-corrected chi connectivity index (χ3v) is 5.70. The molecule has 0 saturated heterocycles. The number of hydrogen-bond donors (Lipinski definition) is 1. The highest BCUT2D eigenvalue weighted by Crippen LogP contribution is 2.28. The van der Waals surface area contributed by atoms with E-state index < -0.39 is 26.8 Å². The molecule has 0 saturated carbocycles. The van der Waals surface area contributed by atoms with Gasteiger partial charge in [0.15, 0.2) is 15.6 Å². The van der Waals surface area contributed by atoms with Crippen molar-refractivity contribution in [1.82, 2.24) is 9.78 Å². The maximum Gasteiger partial charge on any atom is 0.314 e. The lowest BCUT2D eigenvalue weighted by molar-refractivity contribution is 0.0551. The van der Waals surface area contributed by atoms with Crippen LogP contribution in [0.4, 0.5) is 4.39 Å². The first-order chi connectivity index (χ1) is 14.5. The molecule has 0 aliphatic heterocycles. The lowest BCUT2D eigenvalue weighted by atomic mass is 10.1. The standard InChI is InChI=1S/C22H23FN2O5S/c1-22(2,27)12-13-30-20-17(15-8-10-16(11-9-15)31(3,28)29)14-24-25(21(20)26)19-7-5-4-6-18(19)23/h4-11,14,27H,12-13H2,1-3H3. The molecule has 164 valence electrons. The molecular weight excluding hydrogens is 423 g/mol. The van der Waals surface area contributed by atoms with Crippen LogP contribution < -0.4 is 10.3 Å². The molecule has 31 heavy (non-hydrogen) atoms. The van der Waals surface area contributed by atoms with Crippen LogP contribution in [0.3, 0.4) is 0 Å². The Morgan fingerprint density at radius 1 is 1.13 bits per heavy atom. The Labute approximate surface area is 179 Å². The first-order valence-electron chi connectivity index (χ1n) is 9.50. The second-order valence-electron chi connectivity index (χ2n) is 7.76. The number of aliphatic hydroxyl groups is 1. The fourth-order valence-corrected chi connectivity index (χ4v) is 3.49. The summed E-state index contributed by atoms with van der Waals surface area (Å²) in [5.74, 6) is -0.695. The number of hydrogen-bond acceptors (Lipinski definition) is 6. The number of rotatable bonds is 7. The fraction of sp³-hybridized carbons (Fsp3) is 0.273. The summed E-state index contributed by atoms with van der Waals surface area (Å²) >= 11 is 0. The summed E-state index contributed by atoms with van der Waals surface area (Å²) in [4.78, 5) is 13.3. The summed E-state index contributed by atoms with van der Waals surface area (Å²) in [5, 5.41) is 14.0. The molecule has 3 rings (SSSR count). The Balaban J connectivity index is 2.11. The number of aromatic nitrogens is 2. The van der Waals surface area contributed by atoms with E-state index in [4.69, 9.17) is 4.74 Å². The van der Waals surface area contributed by atoms with Crippen LogP contribution in [-0.4, -0.2) is 41.8 Å². The highest BCUT2D eigenvalue weighted by molar-refractivity contribution is 7.90. The summed E-state index contributed by atoms with van der Waals surface area (Å²) in [6.07, 6.45) is 2.72. The smallest absolute Gasteiger partial charge is 0.314 e. The van der Waals surface area contributed by atoms with E-state index in [-0.39, 0.29) is 29.4 Å². The summed E-state index contributed by atoms with van der Waals surface area (Å²) < 4.78 is 44.3. The van der Waals surface area contributed by atoms with Gasteiger partial charge < -0.3 is 9.84 Å². The van der Waals surface area contributed by atoms with Crippen molar-refractivity contribution < 1.29 is 22.7 Å². The van der Waals surface area contributed by atoms with Crippen molar-refractivity contribution >= 4 is 9.84 Å². The van der Waals surface area contributed by atoms with Gasteiger partial charge in [-0.1, -0.05) is 24.3 Å². The third-order valence-electron chi connectivity index (χ3n) is 4.57. The predicted molar refractivity (Wildman–Crippen MR) is 115 cm³/mol. The lowest BCUT2D eigenvalue weighted by Gasteiger charge is -2.18. The fourth-order valence-electron chi connectivity index (χ4n) is 2.86. The Kier molecular flexibility index (Phi) is 6.28. The van der Waals surface area contributed by atoms with Gasteiger partial charge in [-0.05, 0) is 43.7 Å². The minimum atomic E-state index is -3.38. The van der Waals surface area contributed by atoms with Gasteiger partial charge in [-0.2, -0.15) is 9.78 Å². The van der Waals surface area contributed by atoms with E-state index in [1.165, 1.54) is 36.5 Å². The first-order valence-corrected chi connectivity index (χ1v) is 11.4. The zero-order valence-electron chi connectivity index (χ0n) is 17.4. The van der Waals surface area contributed by atoms with Crippen molar-refractivity contribution in [2.75, 3.05) is 12.9 Å². The van der Waals surface area contributed by atoms with Crippen LogP contribution in [0.15, 0.2) is 64.4 Å². The van der Waals surface area contributed by atoms with E-state index in [2.05, 4.69) is 5.10 Å². The average molecular weight is 447 g/mol. The minimum Gasteiger partial charge on any atom is -0.487 e. The van der Waals surface area contributed by atoms with Gasteiger partial charge in [0.05, 0.1) is 23.3 Å². The summed E-state index contributed by atoms with van der Waals surface area (Å²) in [6, 6.07) is 11.7. The second kappa shape index (κ2) is 8.60. The Morgan fingerprint density at radius 2 is 1.77 bits per heavy atom. The monoisotopic (exact) mass is 446 g/mol. The number of sulfone groups is 1. The molecule has 0 aliphatic carbocycles. The number of nitrogens with zero attached hydrogens (tertiary/aromatic N) is 2. The first kappa shape index (κ1) is 22.6. The van der Waals surface area contributed by atoms with E-state index >= 15 is 0 Å². The summed E-state index contributed by atoms with van der Waals surface area (Å²) in [5.41, 5.74) is -0.872. The largest absolute Gasteiger partial charge is 0.487 e. The summed E-state index contributed by atoms with van der Waals surface area (Å²) in [6.45, 7) is 3.27. The van der Waals surface area contributed by atoms with Gasteiger partial charge in [-0.25, -0.2) is 12.8 Å². The van der Waals surface area contributed by atoms with Gasteiger partial charge in [0.1, 0.15) is 11.5 Å². The Hall–Kier alpha value is -3.04. The van der Waals surface area contributed by atoms with E-state index in [1.807, 2.05) is 0 Å². The van der Waals surface area contributed by atoms with Gasteiger partial charge in [0, 0.05) is 18.2 Å². The molecule has 0 bridgehead atoms. The third kappa shape index (κ3) is 5.36. The molecule has 7 nitrogen and oxygen atoms in total. The quantitative estimate of drug-likeness (QED) is 0.599. The second-order valence-corrected chi connectivity index (χ2v) is 9.78. The Morgan fingerprint density at radius 3 is 2.35 bits per heavy atom. The molecule has 0 atom stereocenters. The van der Waals surface area contributed by atoms with Crippen LogP contribution in [0.1, 0.15) is 20.3 Å². The van der Waals surface area contributed by atoms with Gasteiger partial charge in [-0.15, -0.1) is 0 Å². The van der Waals surface area contributed by atoms with E-state index in [9.17, 15) is 22.7 Å². The maximum absolute atomic E-state index is 14.2. The van der Waals surface area contributed by atoms with Crippen LogP contribution in [0.5, 0.6) is 5.75 Å². The van der Waals surface area contributed by atoms with Gasteiger partial charge in [0.25, 0.3) is 0 Å². The van der Waals surface area contributed by atoms with Crippen molar-refractivity contribution in [3.05, 3.63) is 70.9 Å². The molecule has 0 radical (unpaired) electrons. The molecular formula is C22H23FN2O5S. The molecule has 0 aliphatic rings. The molecule has 0 amide bonds. The zero-order valence-corrected chi connectivity index (χ0v) is 18.2. The topological polar surface area (TPSA) is 98.5 Å². The molecule has 0 unspecified atom stereocenters. The van der Waals surface area contributed by atoms with Crippen LogP contribution in [0.2, 0.25) is 0 Å².